The summed E-state index contributed by atoms with van der Waals surface area (Å²) in [5.41, 5.74) is 4.82. The molecule has 0 radical (unpaired) electrons. The number of benzene rings is 1. The first-order valence-corrected chi connectivity index (χ1v) is 11.0. The second kappa shape index (κ2) is 14.1. The third-order valence-electron chi connectivity index (χ3n) is 4.83. The van der Waals surface area contributed by atoms with Crippen LogP contribution in [0, 0.1) is 17.1 Å². The van der Waals surface area contributed by atoms with Crippen LogP contribution in [0.1, 0.15) is 47.5 Å². The Labute approximate surface area is 187 Å². The van der Waals surface area contributed by atoms with Crippen LogP contribution in [0.2, 0.25) is 0 Å². The van der Waals surface area contributed by atoms with Crippen molar-refractivity contribution in [1.82, 2.24) is 10.6 Å². The molecular weight excluding hydrogens is 389 g/mol. The van der Waals surface area contributed by atoms with Crippen LogP contribution >= 0.6 is 0 Å². The molecule has 0 heterocycles. The van der Waals surface area contributed by atoms with E-state index in [0.717, 1.165) is 56.0 Å². The summed E-state index contributed by atoms with van der Waals surface area (Å²) < 4.78 is 14.7. The molecule has 1 rings (SSSR count). The molecule has 5 nitrogen and oxygen atoms in total. The van der Waals surface area contributed by atoms with Crippen LogP contribution < -0.4 is 20.9 Å². The molecule has 0 saturated carbocycles. The number of nitrogens with zero attached hydrogens (tertiary/aromatic N) is 2. The first-order valence-electron chi connectivity index (χ1n) is 11.0. The maximum atomic E-state index is 14.7. The second-order valence-corrected chi connectivity index (χ2v) is 7.73. The van der Waals surface area contributed by atoms with Gasteiger partial charge in [0.2, 0.25) is 0 Å². The molecule has 0 fully saturated rings. The van der Waals surface area contributed by atoms with Crippen molar-refractivity contribution in [2.75, 3.05) is 42.9 Å². The highest BCUT2D eigenvalue weighted by molar-refractivity contribution is 5.57. The quantitative estimate of drug-likeness (QED) is 0.213. The summed E-state index contributed by atoms with van der Waals surface area (Å²) in [6, 6.07) is 7.42. The Morgan fingerprint density at radius 2 is 1.77 bits per heavy atom. The zero-order valence-corrected chi connectivity index (χ0v) is 19.7. The minimum atomic E-state index is -0.242. The molecule has 0 bridgehead atoms. The maximum absolute atomic E-state index is 14.7. The lowest BCUT2D eigenvalue weighted by Gasteiger charge is -2.24. The highest BCUT2D eigenvalue weighted by Gasteiger charge is 2.11. The molecule has 0 amide bonds. The minimum absolute atomic E-state index is 0.242. The summed E-state index contributed by atoms with van der Waals surface area (Å²) in [6.45, 7) is 17.4. The third kappa shape index (κ3) is 9.61. The monoisotopic (exact) mass is 427 g/mol. The summed E-state index contributed by atoms with van der Waals surface area (Å²) in [4.78, 5) is 2.08. The van der Waals surface area contributed by atoms with Crippen molar-refractivity contribution in [3.05, 3.63) is 59.2 Å². The Balaban J connectivity index is 2.76. The number of nitrogens with one attached hydrogen (secondary N) is 3. The van der Waals surface area contributed by atoms with Crippen molar-refractivity contribution >= 4 is 11.4 Å². The van der Waals surface area contributed by atoms with Gasteiger partial charge in [0.05, 0.1) is 18.3 Å². The Hall–Kier alpha value is -2.94. The van der Waals surface area contributed by atoms with E-state index in [9.17, 15) is 9.65 Å². The number of rotatable bonds is 14. The van der Waals surface area contributed by atoms with Gasteiger partial charge in [-0.1, -0.05) is 20.4 Å². The highest BCUT2D eigenvalue weighted by Crippen LogP contribution is 2.23. The highest BCUT2D eigenvalue weighted by atomic mass is 19.1. The summed E-state index contributed by atoms with van der Waals surface area (Å²) >= 11 is 0. The largest absolute Gasteiger partial charge is 0.387 e. The van der Waals surface area contributed by atoms with Gasteiger partial charge in [-0.25, -0.2) is 4.39 Å². The van der Waals surface area contributed by atoms with E-state index in [-0.39, 0.29) is 5.82 Å². The Morgan fingerprint density at radius 1 is 1.13 bits per heavy atom. The van der Waals surface area contributed by atoms with E-state index in [2.05, 4.69) is 47.3 Å². The number of anilines is 2. The van der Waals surface area contributed by atoms with Crippen LogP contribution in [0.3, 0.4) is 0 Å². The van der Waals surface area contributed by atoms with Crippen molar-refractivity contribution in [2.45, 2.75) is 47.5 Å². The average molecular weight is 428 g/mol. The molecular formula is C25H38FN5. The lowest BCUT2D eigenvalue weighted by molar-refractivity contribution is 0.613. The molecule has 1 aromatic rings. The fourth-order valence-corrected chi connectivity index (χ4v) is 3.12. The van der Waals surface area contributed by atoms with Gasteiger partial charge in [-0.2, -0.15) is 5.26 Å². The normalized spacial score (nSPS) is 12.0. The van der Waals surface area contributed by atoms with Gasteiger partial charge in [-0.15, -0.1) is 0 Å². The standard InChI is InChI=1S/C25H38FN5/c1-7-13-31(14-8-2)25-10-9-23(16-24(25)26)30-18-22(17-27)15-20(5)21(6)29-12-11-28-19(3)4/h9-10,15-16,28-30H,3,7-8,11-14,18H2,1-2,4-6H3/b21-20+,22-15-. The van der Waals surface area contributed by atoms with E-state index in [1.807, 2.05) is 39.0 Å². The van der Waals surface area contributed by atoms with Gasteiger partial charge in [0, 0.05) is 48.8 Å². The van der Waals surface area contributed by atoms with Crippen molar-refractivity contribution in [3.63, 3.8) is 0 Å². The summed E-state index contributed by atoms with van der Waals surface area (Å²) in [5.74, 6) is -0.242. The SMILES string of the molecule is C=C(C)NCCN/C(C)=C(C)/C=C(/C#N)CNc1ccc(N(CCC)CCC)c(F)c1. The van der Waals surface area contributed by atoms with Gasteiger partial charge in [0.25, 0.3) is 0 Å². The van der Waals surface area contributed by atoms with Crippen molar-refractivity contribution in [1.29, 1.82) is 5.26 Å². The van der Waals surface area contributed by atoms with E-state index in [4.69, 9.17) is 0 Å². The van der Waals surface area contributed by atoms with E-state index < -0.39 is 0 Å². The Morgan fingerprint density at radius 3 is 2.32 bits per heavy atom. The molecule has 0 aliphatic heterocycles. The van der Waals surface area contributed by atoms with E-state index >= 15 is 0 Å². The van der Waals surface area contributed by atoms with Crippen LogP contribution in [-0.4, -0.2) is 32.7 Å². The average Bonchev–Trinajstić information content (AvgIpc) is 2.73. The summed E-state index contributed by atoms with van der Waals surface area (Å²) in [6.07, 6.45) is 3.80. The topological polar surface area (TPSA) is 63.1 Å². The fourth-order valence-electron chi connectivity index (χ4n) is 3.12. The predicted molar refractivity (Wildman–Crippen MR) is 131 cm³/mol. The molecule has 31 heavy (non-hydrogen) atoms. The zero-order valence-electron chi connectivity index (χ0n) is 19.7. The predicted octanol–water partition coefficient (Wildman–Crippen LogP) is 5.32. The first-order chi connectivity index (χ1) is 14.8. The minimum Gasteiger partial charge on any atom is -0.387 e. The van der Waals surface area contributed by atoms with E-state index in [1.54, 1.807) is 0 Å². The molecule has 0 saturated heterocycles. The van der Waals surface area contributed by atoms with Crippen LogP contribution in [0.5, 0.6) is 0 Å². The molecule has 0 atom stereocenters. The molecule has 3 N–H and O–H groups in total. The number of nitriles is 1. The Kier molecular flexibility index (Phi) is 11.9. The lowest BCUT2D eigenvalue weighted by atomic mass is 10.1. The van der Waals surface area contributed by atoms with Gasteiger partial charge < -0.3 is 20.9 Å². The van der Waals surface area contributed by atoms with Gasteiger partial charge in [-0.3, -0.25) is 0 Å². The molecule has 1 aromatic carbocycles. The molecule has 0 aromatic heterocycles. The van der Waals surface area contributed by atoms with E-state index in [0.29, 0.717) is 23.5 Å². The number of hydrogen-bond acceptors (Lipinski definition) is 5. The Bertz CT molecular complexity index is 814. The van der Waals surface area contributed by atoms with Gasteiger partial charge in [0.1, 0.15) is 5.82 Å². The van der Waals surface area contributed by atoms with Crippen LogP contribution in [0.4, 0.5) is 15.8 Å². The first kappa shape index (κ1) is 26.1. The van der Waals surface area contributed by atoms with Crippen LogP contribution in [0.15, 0.2) is 53.4 Å². The van der Waals surface area contributed by atoms with Gasteiger partial charge in [0.15, 0.2) is 0 Å². The zero-order chi connectivity index (χ0) is 23.2. The van der Waals surface area contributed by atoms with Gasteiger partial charge in [-0.05, 0) is 63.5 Å². The van der Waals surface area contributed by atoms with Crippen LogP contribution in [0.25, 0.3) is 0 Å². The molecule has 0 aliphatic rings. The molecule has 0 aliphatic carbocycles. The fraction of sp³-hybridized carbons (Fsp3) is 0.480. The van der Waals surface area contributed by atoms with Crippen molar-refractivity contribution in [2.24, 2.45) is 0 Å². The van der Waals surface area contributed by atoms with Crippen LogP contribution in [-0.2, 0) is 0 Å². The third-order valence-corrected chi connectivity index (χ3v) is 4.83. The molecule has 170 valence electrons. The summed E-state index contributed by atoms with van der Waals surface area (Å²) in [7, 11) is 0. The molecule has 0 unspecified atom stereocenters. The number of halogens is 1. The molecule has 0 spiro atoms. The summed E-state index contributed by atoms with van der Waals surface area (Å²) in [5, 5.41) is 19.2. The second-order valence-electron chi connectivity index (χ2n) is 7.73. The van der Waals surface area contributed by atoms with Crippen molar-refractivity contribution < 1.29 is 4.39 Å². The number of hydrogen-bond donors (Lipinski definition) is 3. The van der Waals surface area contributed by atoms with Gasteiger partial charge >= 0.3 is 0 Å². The smallest absolute Gasteiger partial charge is 0.148 e. The van der Waals surface area contributed by atoms with Crippen molar-refractivity contribution in [3.8, 4) is 6.07 Å². The number of allylic oxidation sites excluding steroid dienone is 4. The van der Waals surface area contributed by atoms with E-state index in [1.165, 1.54) is 6.07 Å². The lowest BCUT2D eigenvalue weighted by Crippen LogP contribution is -2.25. The molecule has 6 heteroatoms. The maximum Gasteiger partial charge on any atom is 0.148 e.